The molecule has 0 fully saturated rings. The maximum absolute atomic E-state index is 12.5. The molecule has 2 N–H and O–H groups in total. The molecule has 1 unspecified atom stereocenters. The fraction of sp³-hybridized carbons (Fsp3) is 0.571. The third kappa shape index (κ3) is 3.28. The summed E-state index contributed by atoms with van der Waals surface area (Å²) in [5, 5.41) is 3.26. The van der Waals surface area contributed by atoms with Crippen molar-refractivity contribution in [3.63, 3.8) is 0 Å². The molecule has 0 radical (unpaired) electrons. The summed E-state index contributed by atoms with van der Waals surface area (Å²) < 4.78 is 27.7. The molecule has 0 aliphatic carbocycles. The zero-order valence-electron chi connectivity index (χ0n) is 11.6. The van der Waals surface area contributed by atoms with Gasteiger partial charge in [-0.05, 0) is 43.9 Å². The van der Waals surface area contributed by atoms with Crippen molar-refractivity contribution in [3.05, 3.63) is 23.8 Å². The van der Waals surface area contributed by atoms with Gasteiger partial charge >= 0.3 is 0 Å². The Bertz CT molecular complexity index is 540. The Kier molecular flexibility index (Phi) is 4.47. The van der Waals surface area contributed by atoms with E-state index < -0.39 is 10.0 Å². The number of hydrogen-bond acceptors (Lipinski definition) is 3. The number of anilines is 1. The Morgan fingerprint density at radius 2 is 2.21 bits per heavy atom. The lowest BCUT2D eigenvalue weighted by Crippen LogP contribution is -2.33. The van der Waals surface area contributed by atoms with Crippen LogP contribution in [-0.4, -0.2) is 21.0 Å². The highest BCUT2D eigenvalue weighted by Crippen LogP contribution is 2.28. The van der Waals surface area contributed by atoms with Crippen LogP contribution in [0.5, 0.6) is 0 Å². The number of fused-ring (bicyclic) bond motifs is 1. The van der Waals surface area contributed by atoms with Crippen molar-refractivity contribution in [1.82, 2.24) is 4.72 Å². The third-order valence-electron chi connectivity index (χ3n) is 3.42. The van der Waals surface area contributed by atoms with E-state index in [1.807, 2.05) is 13.0 Å². The molecule has 1 aromatic carbocycles. The highest BCUT2D eigenvalue weighted by molar-refractivity contribution is 7.89. The molecule has 1 atom stereocenters. The molecule has 0 bridgehead atoms. The molecule has 0 aromatic heterocycles. The van der Waals surface area contributed by atoms with Gasteiger partial charge in [0.1, 0.15) is 0 Å². The quantitative estimate of drug-likeness (QED) is 0.872. The van der Waals surface area contributed by atoms with E-state index in [9.17, 15) is 8.42 Å². The Labute approximate surface area is 115 Å². The molecule has 1 aliphatic heterocycles. The van der Waals surface area contributed by atoms with Crippen molar-refractivity contribution < 1.29 is 8.42 Å². The molecule has 19 heavy (non-hydrogen) atoms. The van der Waals surface area contributed by atoms with Crippen LogP contribution in [0.1, 0.15) is 38.7 Å². The molecular weight excluding hydrogens is 260 g/mol. The minimum atomic E-state index is -3.41. The summed E-state index contributed by atoms with van der Waals surface area (Å²) in [7, 11) is -3.41. The first-order valence-corrected chi connectivity index (χ1v) is 8.41. The molecule has 106 valence electrons. The number of nitrogens with one attached hydrogen (secondary N) is 2. The van der Waals surface area contributed by atoms with E-state index in [0.29, 0.717) is 4.90 Å². The predicted molar refractivity (Wildman–Crippen MR) is 77.9 cm³/mol. The van der Waals surface area contributed by atoms with Gasteiger partial charge < -0.3 is 5.32 Å². The molecular formula is C14H22N2O2S. The number of sulfonamides is 1. The molecule has 4 nitrogen and oxygen atoms in total. The molecule has 0 saturated heterocycles. The van der Waals surface area contributed by atoms with E-state index in [4.69, 9.17) is 0 Å². The van der Waals surface area contributed by atoms with Crippen LogP contribution in [0.15, 0.2) is 23.1 Å². The van der Waals surface area contributed by atoms with Gasteiger partial charge in [0, 0.05) is 18.3 Å². The van der Waals surface area contributed by atoms with Crippen molar-refractivity contribution in [3.8, 4) is 0 Å². The molecule has 1 aromatic rings. The standard InChI is InChI=1S/C14H22N2O2S/c1-3-6-11(2)16-19(17,18)14-9-4-8-13-12(14)7-5-10-15-13/h4,8-9,11,15-16H,3,5-7,10H2,1-2H3. The first-order chi connectivity index (χ1) is 9.04. The fourth-order valence-corrected chi connectivity index (χ4v) is 4.12. The van der Waals surface area contributed by atoms with E-state index in [1.54, 1.807) is 12.1 Å². The largest absolute Gasteiger partial charge is 0.385 e. The molecule has 5 heteroatoms. The maximum Gasteiger partial charge on any atom is 0.241 e. The van der Waals surface area contributed by atoms with Crippen molar-refractivity contribution in [2.75, 3.05) is 11.9 Å². The summed E-state index contributed by atoms with van der Waals surface area (Å²) in [4.78, 5) is 0.431. The molecule has 0 saturated carbocycles. The molecule has 1 heterocycles. The fourth-order valence-electron chi connectivity index (χ4n) is 2.55. The number of hydrogen-bond donors (Lipinski definition) is 2. The van der Waals surface area contributed by atoms with Gasteiger partial charge in [-0.1, -0.05) is 19.4 Å². The third-order valence-corrected chi connectivity index (χ3v) is 5.09. The van der Waals surface area contributed by atoms with Gasteiger partial charge in [0.05, 0.1) is 4.90 Å². The minimum Gasteiger partial charge on any atom is -0.385 e. The van der Waals surface area contributed by atoms with E-state index >= 15 is 0 Å². The summed E-state index contributed by atoms with van der Waals surface area (Å²) in [6, 6.07) is 5.42. The second kappa shape index (κ2) is 5.92. The number of rotatable bonds is 5. The second-order valence-electron chi connectivity index (χ2n) is 5.12. The Balaban J connectivity index is 2.30. The van der Waals surface area contributed by atoms with E-state index in [1.165, 1.54) is 0 Å². The first-order valence-electron chi connectivity index (χ1n) is 6.92. The van der Waals surface area contributed by atoms with Crippen LogP contribution in [0.3, 0.4) is 0 Å². The second-order valence-corrected chi connectivity index (χ2v) is 6.81. The van der Waals surface area contributed by atoms with Crippen LogP contribution in [0.4, 0.5) is 5.69 Å². The van der Waals surface area contributed by atoms with Gasteiger partial charge in [0.15, 0.2) is 0 Å². The van der Waals surface area contributed by atoms with Crippen LogP contribution in [0.25, 0.3) is 0 Å². The SMILES string of the molecule is CCCC(C)NS(=O)(=O)c1cccc2c1CCCN2. The Morgan fingerprint density at radius 1 is 1.42 bits per heavy atom. The highest BCUT2D eigenvalue weighted by atomic mass is 32.2. The Hall–Kier alpha value is -1.07. The van der Waals surface area contributed by atoms with Crippen LogP contribution in [-0.2, 0) is 16.4 Å². The lowest BCUT2D eigenvalue weighted by Gasteiger charge is -2.22. The average molecular weight is 282 g/mol. The summed E-state index contributed by atoms with van der Waals surface area (Å²) in [6.07, 6.45) is 3.62. The van der Waals surface area contributed by atoms with Crippen molar-refractivity contribution >= 4 is 15.7 Å². The minimum absolute atomic E-state index is 0.0256. The lowest BCUT2D eigenvalue weighted by atomic mass is 10.0. The highest BCUT2D eigenvalue weighted by Gasteiger charge is 2.23. The van der Waals surface area contributed by atoms with Gasteiger partial charge in [-0.3, -0.25) is 0 Å². The van der Waals surface area contributed by atoms with Crippen molar-refractivity contribution in [2.45, 2.75) is 50.5 Å². The van der Waals surface area contributed by atoms with Gasteiger partial charge in [-0.2, -0.15) is 0 Å². The lowest BCUT2D eigenvalue weighted by molar-refractivity contribution is 0.542. The number of benzene rings is 1. The van der Waals surface area contributed by atoms with Crippen molar-refractivity contribution in [1.29, 1.82) is 0 Å². The van der Waals surface area contributed by atoms with E-state index in [2.05, 4.69) is 17.0 Å². The summed E-state index contributed by atoms with van der Waals surface area (Å²) in [5.41, 5.74) is 1.88. The van der Waals surface area contributed by atoms with Gasteiger partial charge in [-0.25, -0.2) is 13.1 Å². The normalized spacial score (nSPS) is 16.5. The smallest absolute Gasteiger partial charge is 0.241 e. The van der Waals surface area contributed by atoms with E-state index in [0.717, 1.165) is 43.5 Å². The summed E-state index contributed by atoms with van der Waals surface area (Å²) in [5.74, 6) is 0. The van der Waals surface area contributed by atoms with Crippen molar-refractivity contribution in [2.24, 2.45) is 0 Å². The molecule has 0 spiro atoms. The first kappa shape index (κ1) is 14.3. The van der Waals surface area contributed by atoms with Crippen LogP contribution < -0.4 is 10.0 Å². The summed E-state index contributed by atoms with van der Waals surface area (Å²) in [6.45, 7) is 4.88. The predicted octanol–water partition coefficient (Wildman–Crippen LogP) is 2.51. The van der Waals surface area contributed by atoms with Crippen LogP contribution >= 0.6 is 0 Å². The molecule has 2 rings (SSSR count). The average Bonchev–Trinajstić information content (AvgIpc) is 2.37. The monoisotopic (exact) mass is 282 g/mol. The topological polar surface area (TPSA) is 58.2 Å². The Morgan fingerprint density at radius 3 is 2.95 bits per heavy atom. The van der Waals surface area contributed by atoms with E-state index in [-0.39, 0.29) is 6.04 Å². The zero-order valence-corrected chi connectivity index (χ0v) is 12.4. The van der Waals surface area contributed by atoms with Crippen LogP contribution in [0, 0.1) is 0 Å². The van der Waals surface area contributed by atoms with Gasteiger partial charge in [0.2, 0.25) is 10.0 Å². The van der Waals surface area contributed by atoms with Gasteiger partial charge in [-0.15, -0.1) is 0 Å². The summed E-state index contributed by atoms with van der Waals surface area (Å²) >= 11 is 0. The maximum atomic E-state index is 12.5. The molecule has 0 amide bonds. The van der Waals surface area contributed by atoms with Gasteiger partial charge in [0.25, 0.3) is 0 Å². The van der Waals surface area contributed by atoms with Crippen LogP contribution in [0.2, 0.25) is 0 Å². The zero-order chi connectivity index (χ0) is 13.9. The molecule has 1 aliphatic rings.